The van der Waals surface area contributed by atoms with Gasteiger partial charge in [0.2, 0.25) is 0 Å². The number of carbonyl (C=O) groups excluding carboxylic acids is 4. The van der Waals surface area contributed by atoms with Crippen molar-refractivity contribution in [3.63, 3.8) is 0 Å². The minimum atomic E-state index is -0.822. The molecule has 35 heavy (non-hydrogen) atoms. The summed E-state index contributed by atoms with van der Waals surface area (Å²) in [5.41, 5.74) is 1.88. The van der Waals surface area contributed by atoms with Crippen LogP contribution in [0.3, 0.4) is 0 Å². The summed E-state index contributed by atoms with van der Waals surface area (Å²) in [7, 11) is 0. The Balaban J connectivity index is 1.64. The van der Waals surface area contributed by atoms with Crippen LogP contribution in [0.1, 0.15) is 28.4 Å². The third-order valence-corrected chi connectivity index (χ3v) is 5.15. The number of carbonyl (C=O) groups is 4. The van der Waals surface area contributed by atoms with Gasteiger partial charge >= 0.3 is 12.0 Å². The van der Waals surface area contributed by atoms with Gasteiger partial charge in [0.1, 0.15) is 5.57 Å². The largest absolute Gasteiger partial charge is 0.490 e. The number of ether oxygens (including phenoxy) is 2. The fourth-order valence-corrected chi connectivity index (χ4v) is 3.53. The van der Waals surface area contributed by atoms with E-state index in [4.69, 9.17) is 9.47 Å². The summed E-state index contributed by atoms with van der Waals surface area (Å²) >= 11 is 0. The van der Waals surface area contributed by atoms with Gasteiger partial charge in [-0.15, -0.1) is 0 Å². The van der Waals surface area contributed by atoms with Crippen LogP contribution < -0.4 is 19.7 Å². The third kappa shape index (κ3) is 5.11. The molecule has 4 amide bonds. The number of urea groups is 1. The highest BCUT2D eigenvalue weighted by Crippen LogP contribution is 2.31. The van der Waals surface area contributed by atoms with Gasteiger partial charge in [0.25, 0.3) is 11.8 Å². The summed E-state index contributed by atoms with van der Waals surface area (Å²) in [5.74, 6) is -1.64. The van der Waals surface area contributed by atoms with E-state index in [0.29, 0.717) is 23.4 Å². The zero-order chi connectivity index (χ0) is 24.9. The average Bonchev–Trinajstić information content (AvgIpc) is 2.84. The van der Waals surface area contributed by atoms with E-state index in [1.165, 1.54) is 12.1 Å². The molecular weight excluding hydrogens is 448 g/mol. The Bertz CT molecular complexity index is 1350. The number of aryl methyl sites for hydroxylation is 1. The van der Waals surface area contributed by atoms with Crippen molar-refractivity contribution in [2.24, 2.45) is 0 Å². The maximum absolute atomic E-state index is 13.0. The van der Waals surface area contributed by atoms with Crippen molar-refractivity contribution >= 4 is 35.6 Å². The van der Waals surface area contributed by atoms with Crippen molar-refractivity contribution in [3.05, 3.63) is 95.1 Å². The first-order valence-electron chi connectivity index (χ1n) is 10.9. The predicted octanol–water partition coefficient (Wildman–Crippen LogP) is 4.28. The molecule has 0 aromatic heterocycles. The van der Waals surface area contributed by atoms with Crippen molar-refractivity contribution in [1.82, 2.24) is 5.32 Å². The number of hydrogen-bond donors (Lipinski definition) is 1. The molecule has 0 spiro atoms. The van der Waals surface area contributed by atoms with Gasteiger partial charge in [-0.05, 0) is 61.9 Å². The van der Waals surface area contributed by atoms with Crippen LogP contribution in [-0.4, -0.2) is 30.4 Å². The second kappa shape index (κ2) is 10.0. The van der Waals surface area contributed by atoms with Gasteiger partial charge in [-0.3, -0.25) is 14.9 Å². The minimum absolute atomic E-state index is 0.195. The first-order chi connectivity index (χ1) is 16.9. The van der Waals surface area contributed by atoms with Gasteiger partial charge in [-0.25, -0.2) is 14.5 Å². The van der Waals surface area contributed by atoms with Gasteiger partial charge in [0.15, 0.2) is 11.5 Å². The topological polar surface area (TPSA) is 102 Å². The number of hydrogen-bond acceptors (Lipinski definition) is 6. The number of barbiturate groups is 1. The summed E-state index contributed by atoms with van der Waals surface area (Å²) in [6, 6.07) is 19.1. The second-order valence-corrected chi connectivity index (χ2v) is 7.69. The molecule has 1 aliphatic heterocycles. The normalized spacial score (nSPS) is 14.6. The number of nitrogens with zero attached hydrogens (tertiary/aromatic N) is 1. The van der Waals surface area contributed by atoms with Crippen LogP contribution in [0.2, 0.25) is 0 Å². The Morgan fingerprint density at radius 2 is 1.71 bits per heavy atom. The van der Waals surface area contributed by atoms with Gasteiger partial charge in [0, 0.05) is 0 Å². The standard InChI is InChI=1S/C27H22N2O6/c1-3-34-23-16-18(12-13-22(23)35-26(32)19-9-7-8-17(2)14-19)15-21-24(30)28-27(33)29(25(21)31)20-10-5-4-6-11-20/h4-16H,3H2,1-2H3,(H,28,30,33)/b21-15-. The maximum Gasteiger partial charge on any atom is 0.343 e. The molecular formula is C27H22N2O6. The fraction of sp³-hybridized carbons (Fsp3) is 0.111. The Morgan fingerprint density at radius 3 is 2.43 bits per heavy atom. The van der Waals surface area contributed by atoms with Crippen LogP contribution in [-0.2, 0) is 9.59 Å². The van der Waals surface area contributed by atoms with Crippen molar-refractivity contribution in [1.29, 1.82) is 0 Å². The van der Waals surface area contributed by atoms with Crippen molar-refractivity contribution < 1.29 is 28.7 Å². The molecule has 3 aromatic carbocycles. The molecule has 3 aromatic rings. The van der Waals surface area contributed by atoms with Gasteiger partial charge in [-0.2, -0.15) is 0 Å². The van der Waals surface area contributed by atoms with Crippen LogP contribution in [0.4, 0.5) is 10.5 Å². The number of benzene rings is 3. The van der Waals surface area contributed by atoms with E-state index in [2.05, 4.69) is 5.32 Å². The highest BCUT2D eigenvalue weighted by molar-refractivity contribution is 6.39. The summed E-state index contributed by atoms with van der Waals surface area (Å²) in [4.78, 5) is 51.3. The van der Waals surface area contributed by atoms with E-state index in [9.17, 15) is 19.2 Å². The summed E-state index contributed by atoms with van der Waals surface area (Å²) in [6.07, 6.45) is 1.36. The number of esters is 1. The first kappa shape index (κ1) is 23.4. The van der Waals surface area contributed by atoms with Crippen LogP contribution in [0.15, 0.2) is 78.4 Å². The van der Waals surface area contributed by atoms with E-state index in [-0.39, 0.29) is 17.1 Å². The van der Waals surface area contributed by atoms with Crippen LogP contribution in [0, 0.1) is 6.92 Å². The van der Waals surface area contributed by atoms with Crippen LogP contribution in [0.5, 0.6) is 11.5 Å². The fourth-order valence-electron chi connectivity index (χ4n) is 3.53. The van der Waals surface area contributed by atoms with E-state index in [0.717, 1.165) is 10.5 Å². The number of imide groups is 2. The second-order valence-electron chi connectivity index (χ2n) is 7.69. The average molecular weight is 470 g/mol. The van der Waals surface area contributed by atoms with Gasteiger partial charge in [-0.1, -0.05) is 42.0 Å². The number of para-hydroxylation sites is 1. The molecule has 4 rings (SSSR count). The molecule has 1 aliphatic rings. The monoisotopic (exact) mass is 470 g/mol. The molecule has 8 heteroatoms. The van der Waals surface area contributed by atoms with Crippen molar-refractivity contribution in [2.75, 3.05) is 11.5 Å². The van der Waals surface area contributed by atoms with Crippen LogP contribution >= 0.6 is 0 Å². The molecule has 0 atom stereocenters. The highest BCUT2D eigenvalue weighted by atomic mass is 16.6. The minimum Gasteiger partial charge on any atom is -0.490 e. The van der Waals surface area contributed by atoms with E-state index < -0.39 is 23.8 Å². The van der Waals surface area contributed by atoms with E-state index in [1.807, 2.05) is 13.0 Å². The molecule has 0 aliphatic carbocycles. The Labute approximate surface area is 201 Å². The molecule has 1 saturated heterocycles. The predicted molar refractivity (Wildman–Crippen MR) is 129 cm³/mol. The lowest BCUT2D eigenvalue weighted by Crippen LogP contribution is -2.54. The highest BCUT2D eigenvalue weighted by Gasteiger charge is 2.36. The molecule has 0 saturated carbocycles. The zero-order valence-electron chi connectivity index (χ0n) is 19.1. The Morgan fingerprint density at radius 1 is 0.943 bits per heavy atom. The summed E-state index contributed by atoms with van der Waals surface area (Å²) < 4.78 is 11.2. The molecule has 8 nitrogen and oxygen atoms in total. The van der Waals surface area contributed by atoms with Gasteiger partial charge < -0.3 is 9.47 Å². The smallest absolute Gasteiger partial charge is 0.343 e. The number of amides is 4. The lowest BCUT2D eigenvalue weighted by Gasteiger charge is -2.26. The molecule has 176 valence electrons. The van der Waals surface area contributed by atoms with Crippen molar-refractivity contribution in [3.8, 4) is 11.5 Å². The Kier molecular flexibility index (Phi) is 6.73. The third-order valence-electron chi connectivity index (χ3n) is 5.15. The van der Waals surface area contributed by atoms with Gasteiger partial charge in [0.05, 0.1) is 17.9 Å². The quantitative estimate of drug-likeness (QED) is 0.250. The lowest BCUT2D eigenvalue weighted by molar-refractivity contribution is -0.122. The summed E-state index contributed by atoms with van der Waals surface area (Å²) in [6.45, 7) is 3.95. The summed E-state index contributed by atoms with van der Waals surface area (Å²) in [5, 5.41) is 2.19. The molecule has 0 bridgehead atoms. The Hall–Kier alpha value is -4.72. The molecule has 0 unspecified atom stereocenters. The molecule has 1 N–H and O–H groups in total. The molecule has 1 heterocycles. The number of rotatable bonds is 6. The van der Waals surface area contributed by atoms with Crippen molar-refractivity contribution in [2.45, 2.75) is 13.8 Å². The molecule has 1 fully saturated rings. The van der Waals surface area contributed by atoms with E-state index >= 15 is 0 Å². The van der Waals surface area contributed by atoms with E-state index in [1.54, 1.807) is 67.6 Å². The first-order valence-corrected chi connectivity index (χ1v) is 10.9. The SMILES string of the molecule is CCOc1cc(/C=C2/C(=O)NC(=O)N(c3ccccc3)C2=O)ccc1OC(=O)c1cccc(C)c1. The molecule has 0 radical (unpaired) electrons. The number of anilines is 1. The zero-order valence-corrected chi connectivity index (χ0v) is 19.1. The number of nitrogens with one attached hydrogen (secondary N) is 1. The lowest BCUT2D eigenvalue weighted by atomic mass is 10.1. The maximum atomic E-state index is 13.0. The van der Waals surface area contributed by atoms with Crippen LogP contribution in [0.25, 0.3) is 6.08 Å².